The topological polar surface area (TPSA) is 156 Å². The number of nitrogens with one attached hydrogen (secondary N) is 3. The van der Waals surface area contributed by atoms with Crippen LogP contribution in [0, 0.1) is 11.8 Å². The van der Waals surface area contributed by atoms with E-state index in [9.17, 15) is 19.2 Å². The maximum atomic E-state index is 13.2. The molecule has 316 valence electrons. The fraction of sp³-hybridized carbons (Fsp3) is 0.364. The molecule has 1 aromatic heterocycles. The van der Waals surface area contributed by atoms with Gasteiger partial charge in [0.05, 0.1) is 48.0 Å². The Morgan fingerprint density at radius 2 is 1.69 bits per heavy atom. The lowest BCUT2D eigenvalue weighted by Gasteiger charge is -2.43. The molecular formula is C44H47ClN10O5S. The first-order chi connectivity index (χ1) is 29.6. The van der Waals surface area contributed by atoms with Crippen molar-refractivity contribution >= 4 is 81.7 Å². The Balaban J connectivity index is 0.812. The smallest absolute Gasteiger partial charge is 0.262 e. The third-order valence-electron chi connectivity index (χ3n) is 11.7. The van der Waals surface area contributed by atoms with E-state index in [1.807, 2.05) is 43.6 Å². The van der Waals surface area contributed by atoms with Crippen molar-refractivity contribution in [3.63, 3.8) is 0 Å². The zero-order chi connectivity index (χ0) is 42.6. The van der Waals surface area contributed by atoms with Gasteiger partial charge in [0.15, 0.2) is 5.82 Å². The molecule has 1 atom stereocenters. The number of piperazine rings is 1. The van der Waals surface area contributed by atoms with Crippen LogP contribution in [0.2, 0.25) is 5.02 Å². The van der Waals surface area contributed by atoms with Crippen LogP contribution in [0.15, 0.2) is 66.9 Å². The first-order valence-corrected chi connectivity index (χ1v) is 21.8. The van der Waals surface area contributed by atoms with E-state index in [0.717, 1.165) is 79.8 Å². The molecule has 0 spiro atoms. The van der Waals surface area contributed by atoms with Gasteiger partial charge in [0.25, 0.3) is 11.8 Å². The lowest BCUT2D eigenvalue weighted by molar-refractivity contribution is -0.136. The van der Waals surface area contributed by atoms with Crippen molar-refractivity contribution in [2.75, 3.05) is 86.1 Å². The number of aromatic nitrogens is 2. The standard InChI is InChI=1S/C44H47ClN10O5S/c1-51(61-3)36-9-5-4-8-34(36)47-40-33(45)27-46-44(50-40)48-35-13-11-30(26-38(35)60-2)53-19-16-29(17-20-53)54-23-21-52(22-24-54)18-6-7-28-10-12-31-32(25-28)43(59)55(42(31)58)37-14-15-39(56)49-41(37)57/h4-5,8-13,25-27,29,37H,14-24H2,1-3H3,(H,49,56,57)(H2,46,47,48,50). The molecule has 3 saturated heterocycles. The number of hydrogen-bond acceptors (Lipinski definition) is 14. The molecule has 4 aliphatic heterocycles. The molecule has 4 amide bonds. The quantitative estimate of drug-likeness (QED) is 0.100. The highest BCUT2D eigenvalue weighted by atomic mass is 35.5. The highest BCUT2D eigenvalue weighted by Gasteiger charge is 2.44. The number of hydrogen-bond donors (Lipinski definition) is 3. The fourth-order valence-electron chi connectivity index (χ4n) is 8.27. The summed E-state index contributed by atoms with van der Waals surface area (Å²) < 4.78 is 7.89. The van der Waals surface area contributed by atoms with Crippen LogP contribution in [0.4, 0.5) is 34.5 Å². The molecule has 0 aliphatic carbocycles. The van der Waals surface area contributed by atoms with Crippen molar-refractivity contribution < 1.29 is 23.9 Å². The number of benzene rings is 3. The van der Waals surface area contributed by atoms with Crippen LogP contribution in [0.25, 0.3) is 0 Å². The number of anilines is 6. The Labute approximate surface area is 364 Å². The average Bonchev–Trinajstić information content (AvgIpc) is 3.52. The highest BCUT2D eigenvalue weighted by Crippen LogP contribution is 2.36. The van der Waals surface area contributed by atoms with Crippen molar-refractivity contribution in [1.29, 1.82) is 0 Å². The van der Waals surface area contributed by atoms with Crippen molar-refractivity contribution in [1.82, 2.24) is 30.0 Å². The molecule has 0 radical (unpaired) electrons. The van der Waals surface area contributed by atoms with Crippen LogP contribution in [0.3, 0.4) is 0 Å². The van der Waals surface area contributed by atoms with Gasteiger partial charge >= 0.3 is 0 Å². The lowest BCUT2D eigenvalue weighted by Crippen LogP contribution is -2.54. The van der Waals surface area contributed by atoms with Crippen molar-refractivity contribution in [3.8, 4) is 17.6 Å². The normalized spacial score (nSPS) is 18.7. The fourth-order valence-corrected chi connectivity index (χ4v) is 8.77. The molecule has 3 fully saturated rings. The summed E-state index contributed by atoms with van der Waals surface area (Å²) in [5.74, 6) is 5.90. The number of rotatable bonds is 11. The molecule has 15 nitrogen and oxygen atoms in total. The maximum absolute atomic E-state index is 13.2. The molecule has 0 saturated carbocycles. The molecule has 3 N–H and O–H groups in total. The van der Waals surface area contributed by atoms with Crippen LogP contribution in [-0.4, -0.2) is 127 Å². The number of carbonyl (C=O) groups excluding carboxylic acids is 4. The van der Waals surface area contributed by atoms with Crippen molar-refractivity contribution in [2.24, 2.45) is 0 Å². The van der Waals surface area contributed by atoms with E-state index in [1.54, 1.807) is 43.5 Å². The Kier molecular flexibility index (Phi) is 12.6. The molecule has 8 rings (SSSR count). The van der Waals surface area contributed by atoms with Gasteiger partial charge in [-0.15, -0.1) is 0 Å². The predicted molar refractivity (Wildman–Crippen MR) is 238 cm³/mol. The van der Waals surface area contributed by atoms with E-state index in [0.29, 0.717) is 40.7 Å². The van der Waals surface area contributed by atoms with Crippen LogP contribution < -0.4 is 29.9 Å². The molecule has 4 aromatic rings. The number of ether oxygens (including phenoxy) is 1. The average molecular weight is 863 g/mol. The van der Waals surface area contributed by atoms with E-state index in [-0.39, 0.29) is 24.0 Å². The van der Waals surface area contributed by atoms with E-state index in [2.05, 4.69) is 68.9 Å². The SMILES string of the molecule is COc1cc(N2CCC(N3CCN(CC#Cc4ccc5c(c4)C(=O)N(C4CCC(=O)NC4=O)C5=O)CC3)CC2)ccc1Nc1ncc(Cl)c(Nc2ccccc2N(C)SC)n1. The summed E-state index contributed by atoms with van der Waals surface area (Å²) in [4.78, 5) is 67.6. The van der Waals surface area contributed by atoms with Crippen molar-refractivity contribution in [3.05, 3.63) is 88.6 Å². The predicted octanol–water partition coefficient (Wildman–Crippen LogP) is 5.38. The van der Waals surface area contributed by atoms with Gasteiger partial charge in [0, 0.05) is 82.4 Å². The number of halogens is 1. The number of methoxy groups -OCH3 is 1. The minimum absolute atomic E-state index is 0.0800. The highest BCUT2D eigenvalue weighted by molar-refractivity contribution is 7.99. The monoisotopic (exact) mass is 862 g/mol. The van der Waals surface area contributed by atoms with Gasteiger partial charge in [0.2, 0.25) is 17.8 Å². The molecular weight excluding hydrogens is 816 g/mol. The summed E-state index contributed by atoms with van der Waals surface area (Å²) in [6, 6.07) is 18.6. The Morgan fingerprint density at radius 1 is 0.918 bits per heavy atom. The van der Waals surface area contributed by atoms with Crippen molar-refractivity contribution in [2.45, 2.75) is 37.8 Å². The van der Waals surface area contributed by atoms with Gasteiger partial charge in [-0.05, 0) is 61.7 Å². The molecule has 0 bridgehead atoms. The number of amides is 4. The second-order valence-corrected chi connectivity index (χ2v) is 16.6. The third kappa shape index (κ3) is 9.11. The van der Waals surface area contributed by atoms with E-state index >= 15 is 0 Å². The molecule has 61 heavy (non-hydrogen) atoms. The van der Waals surface area contributed by atoms with Gasteiger partial charge in [-0.2, -0.15) is 4.98 Å². The minimum atomic E-state index is -0.991. The zero-order valence-electron chi connectivity index (χ0n) is 34.2. The first kappa shape index (κ1) is 41.9. The van der Waals surface area contributed by atoms with Crippen LogP contribution in [-0.2, 0) is 9.59 Å². The summed E-state index contributed by atoms with van der Waals surface area (Å²) in [7, 11) is 3.66. The number of imide groups is 2. The Hall–Kier alpha value is -5.86. The summed E-state index contributed by atoms with van der Waals surface area (Å²) in [6.07, 6.45) is 5.92. The zero-order valence-corrected chi connectivity index (χ0v) is 35.8. The van der Waals surface area contributed by atoms with E-state index in [4.69, 9.17) is 16.3 Å². The minimum Gasteiger partial charge on any atom is -0.494 e. The Morgan fingerprint density at radius 3 is 2.44 bits per heavy atom. The Bertz CT molecular complexity index is 2410. The molecule has 1 unspecified atom stereocenters. The molecule has 5 heterocycles. The maximum Gasteiger partial charge on any atom is 0.262 e. The van der Waals surface area contributed by atoms with Crippen LogP contribution in [0.1, 0.15) is 52.0 Å². The third-order valence-corrected chi connectivity index (χ3v) is 12.7. The molecule has 17 heteroatoms. The first-order valence-electron chi connectivity index (χ1n) is 20.3. The number of para-hydroxylation sites is 2. The number of piperidine rings is 2. The lowest BCUT2D eigenvalue weighted by atomic mass is 10.0. The molecule has 3 aromatic carbocycles. The van der Waals surface area contributed by atoms with Gasteiger partial charge in [-0.1, -0.05) is 47.5 Å². The van der Waals surface area contributed by atoms with Gasteiger partial charge in [-0.25, -0.2) is 4.98 Å². The summed E-state index contributed by atoms with van der Waals surface area (Å²) in [5, 5.41) is 9.31. The van der Waals surface area contributed by atoms with Gasteiger partial charge < -0.3 is 24.6 Å². The largest absolute Gasteiger partial charge is 0.494 e. The van der Waals surface area contributed by atoms with Crippen LogP contribution in [0.5, 0.6) is 5.75 Å². The van der Waals surface area contributed by atoms with Gasteiger partial charge in [-0.3, -0.25) is 39.2 Å². The summed E-state index contributed by atoms with van der Waals surface area (Å²) >= 11 is 8.13. The summed E-state index contributed by atoms with van der Waals surface area (Å²) in [5.41, 5.74) is 4.84. The molecule has 4 aliphatic rings. The second-order valence-electron chi connectivity index (χ2n) is 15.3. The van der Waals surface area contributed by atoms with E-state index < -0.39 is 29.7 Å². The number of fused-ring (bicyclic) bond motifs is 1. The van der Waals surface area contributed by atoms with E-state index in [1.165, 1.54) is 0 Å². The second kappa shape index (κ2) is 18.4. The summed E-state index contributed by atoms with van der Waals surface area (Å²) in [6.45, 7) is 6.24. The van der Waals surface area contributed by atoms with Crippen LogP contribution >= 0.6 is 23.5 Å². The number of nitrogens with zero attached hydrogens (tertiary/aromatic N) is 7. The van der Waals surface area contributed by atoms with Gasteiger partial charge in [0.1, 0.15) is 16.8 Å². The number of carbonyl (C=O) groups is 4.